The standard InChI is InChI=1S/C22H17FN4O2S/c1-14-4-2-3-5-15(14)11-27-12-16(6-9-20(27)28)21(29)26-22-25-19(13-30-22)18-8-7-17(23)10-24-18/h2-10,12-13H,11H2,1H3,(H,25,26,29). The van der Waals surface area contributed by atoms with Crippen molar-refractivity contribution >= 4 is 22.4 Å². The quantitative estimate of drug-likeness (QED) is 0.527. The van der Waals surface area contributed by atoms with E-state index in [1.54, 1.807) is 11.6 Å². The lowest BCUT2D eigenvalue weighted by atomic mass is 10.1. The molecule has 0 aliphatic carbocycles. The summed E-state index contributed by atoms with van der Waals surface area (Å²) in [5, 5.41) is 4.85. The molecular weight excluding hydrogens is 403 g/mol. The van der Waals surface area contributed by atoms with E-state index >= 15 is 0 Å². The second kappa shape index (κ2) is 8.38. The summed E-state index contributed by atoms with van der Waals surface area (Å²) in [6.45, 7) is 2.36. The maximum atomic E-state index is 13.0. The number of amides is 1. The van der Waals surface area contributed by atoms with Crippen LogP contribution in [0.15, 0.2) is 71.1 Å². The summed E-state index contributed by atoms with van der Waals surface area (Å²) in [5.74, 6) is -0.801. The highest BCUT2D eigenvalue weighted by Gasteiger charge is 2.12. The number of thiazole rings is 1. The highest BCUT2D eigenvalue weighted by Crippen LogP contribution is 2.23. The van der Waals surface area contributed by atoms with Crippen molar-refractivity contribution in [2.75, 3.05) is 5.32 Å². The van der Waals surface area contributed by atoms with Crippen molar-refractivity contribution in [1.82, 2.24) is 14.5 Å². The second-order valence-electron chi connectivity index (χ2n) is 6.66. The molecule has 4 rings (SSSR count). The molecule has 1 N–H and O–H groups in total. The van der Waals surface area contributed by atoms with Gasteiger partial charge in [0.1, 0.15) is 11.5 Å². The molecule has 0 atom stereocenters. The van der Waals surface area contributed by atoms with Gasteiger partial charge in [0.15, 0.2) is 5.13 Å². The molecule has 8 heteroatoms. The number of aromatic nitrogens is 3. The molecule has 3 aromatic heterocycles. The highest BCUT2D eigenvalue weighted by atomic mass is 32.1. The number of hydrogen-bond donors (Lipinski definition) is 1. The van der Waals surface area contributed by atoms with E-state index in [1.165, 1.54) is 40.2 Å². The number of anilines is 1. The van der Waals surface area contributed by atoms with Crippen LogP contribution in [-0.2, 0) is 6.54 Å². The summed E-state index contributed by atoms with van der Waals surface area (Å²) >= 11 is 1.24. The molecule has 0 saturated heterocycles. The number of pyridine rings is 2. The summed E-state index contributed by atoms with van der Waals surface area (Å²) in [6.07, 6.45) is 2.66. The third-order valence-corrected chi connectivity index (χ3v) is 5.32. The van der Waals surface area contributed by atoms with Crippen LogP contribution in [0.25, 0.3) is 11.4 Å². The topological polar surface area (TPSA) is 76.9 Å². The lowest BCUT2D eigenvalue weighted by Gasteiger charge is -2.10. The number of nitrogens with one attached hydrogen (secondary N) is 1. The third kappa shape index (κ3) is 4.33. The molecule has 1 amide bonds. The predicted octanol–water partition coefficient (Wildman–Crippen LogP) is 4.11. The molecule has 0 unspecified atom stereocenters. The maximum absolute atomic E-state index is 13.0. The van der Waals surface area contributed by atoms with Gasteiger partial charge in [0.25, 0.3) is 11.5 Å². The third-order valence-electron chi connectivity index (χ3n) is 4.56. The van der Waals surface area contributed by atoms with E-state index in [-0.39, 0.29) is 11.5 Å². The second-order valence-corrected chi connectivity index (χ2v) is 7.52. The number of hydrogen-bond acceptors (Lipinski definition) is 5. The monoisotopic (exact) mass is 420 g/mol. The first-order valence-corrected chi connectivity index (χ1v) is 10.0. The van der Waals surface area contributed by atoms with Crippen LogP contribution in [0, 0.1) is 12.7 Å². The summed E-state index contributed by atoms with van der Waals surface area (Å²) in [5.41, 5.74) is 3.30. The first-order chi connectivity index (χ1) is 14.5. The Morgan fingerprint density at radius 3 is 2.73 bits per heavy atom. The predicted molar refractivity (Wildman–Crippen MR) is 114 cm³/mol. The van der Waals surface area contributed by atoms with Gasteiger partial charge in [-0.15, -0.1) is 11.3 Å². The lowest BCUT2D eigenvalue weighted by molar-refractivity contribution is 0.102. The number of carbonyl (C=O) groups excluding carboxylic acids is 1. The van der Waals surface area contributed by atoms with E-state index in [0.29, 0.717) is 28.6 Å². The van der Waals surface area contributed by atoms with Gasteiger partial charge < -0.3 is 4.57 Å². The van der Waals surface area contributed by atoms with E-state index < -0.39 is 5.82 Å². The van der Waals surface area contributed by atoms with Gasteiger partial charge in [0.2, 0.25) is 0 Å². The van der Waals surface area contributed by atoms with Crippen LogP contribution in [0.5, 0.6) is 0 Å². The molecule has 1 aromatic carbocycles. The fourth-order valence-corrected chi connectivity index (χ4v) is 3.61. The van der Waals surface area contributed by atoms with E-state index in [2.05, 4.69) is 15.3 Å². The van der Waals surface area contributed by atoms with Gasteiger partial charge in [-0.3, -0.25) is 19.9 Å². The highest BCUT2D eigenvalue weighted by molar-refractivity contribution is 7.14. The van der Waals surface area contributed by atoms with Crippen molar-refractivity contribution in [1.29, 1.82) is 0 Å². The Bertz CT molecular complexity index is 1260. The summed E-state index contributed by atoms with van der Waals surface area (Å²) in [6, 6.07) is 13.5. The normalized spacial score (nSPS) is 10.7. The van der Waals surface area contributed by atoms with Gasteiger partial charge in [-0.1, -0.05) is 24.3 Å². The zero-order valence-corrected chi connectivity index (χ0v) is 16.8. The van der Waals surface area contributed by atoms with Gasteiger partial charge in [-0.05, 0) is 36.2 Å². The van der Waals surface area contributed by atoms with Crippen LogP contribution in [0.1, 0.15) is 21.5 Å². The van der Waals surface area contributed by atoms with Gasteiger partial charge >= 0.3 is 0 Å². The van der Waals surface area contributed by atoms with Crippen molar-refractivity contribution in [2.45, 2.75) is 13.5 Å². The van der Waals surface area contributed by atoms with Crippen molar-refractivity contribution in [2.24, 2.45) is 0 Å². The Morgan fingerprint density at radius 2 is 1.97 bits per heavy atom. The van der Waals surface area contributed by atoms with E-state index in [1.807, 2.05) is 31.2 Å². The van der Waals surface area contributed by atoms with Crippen LogP contribution in [0.3, 0.4) is 0 Å². The minimum atomic E-state index is -0.427. The van der Waals surface area contributed by atoms with E-state index in [0.717, 1.165) is 17.3 Å². The molecule has 0 aliphatic rings. The fourth-order valence-electron chi connectivity index (χ4n) is 2.91. The van der Waals surface area contributed by atoms with Crippen molar-refractivity contribution in [3.05, 3.63) is 99.2 Å². The molecule has 3 heterocycles. The minimum absolute atomic E-state index is 0.186. The van der Waals surface area contributed by atoms with Crippen LogP contribution in [-0.4, -0.2) is 20.4 Å². The van der Waals surface area contributed by atoms with Crippen molar-refractivity contribution < 1.29 is 9.18 Å². The number of aryl methyl sites for hydroxylation is 1. The lowest BCUT2D eigenvalue weighted by Crippen LogP contribution is -2.22. The Labute approximate surface area is 175 Å². The zero-order valence-electron chi connectivity index (χ0n) is 16.0. The van der Waals surface area contributed by atoms with Crippen molar-refractivity contribution in [3.63, 3.8) is 0 Å². The Hall–Kier alpha value is -3.65. The number of rotatable bonds is 5. The van der Waals surface area contributed by atoms with Gasteiger partial charge in [-0.2, -0.15) is 0 Å². The Balaban J connectivity index is 1.52. The number of halogens is 1. The smallest absolute Gasteiger partial charge is 0.258 e. The molecule has 0 radical (unpaired) electrons. The molecule has 150 valence electrons. The first kappa shape index (κ1) is 19.7. The average molecular weight is 420 g/mol. The summed E-state index contributed by atoms with van der Waals surface area (Å²) in [4.78, 5) is 33.2. The molecule has 6 nitrogen and oxygen atoms in total. The van der Waals surface area contributed by atoms with Crippen LogP contribution >= 0.6 is 11.3 Å². The van der Waals surface area contributed by atoms with E-state index in [4.69, 9.17) is 0 Å². The Morgan fingerprint density at radius 1 is 1.13 bits per heavy atom. The average Bonchev–Trinajstić information content (AvgIpc) is 3.20. The molecular formula is C22H17FN4O2S. The first-order valence-electron chi connectivity index (χ1n) is 9.13. The number of benzene rings is 1. The molecule has 4 aromatic rings. The van der Waals surface area contributed by atoms with Crippen LogP contribution in [0.4, 0.5) is 9.52 Å². The van der Waals surface area contributed by atoms with Gasteiger partial charge in [-0.25, -0.2) is 9.37 Å². The van der Waals surface area contributed by atoms with Crippen LogP contribution in [0.2, 0.25) is 0 Å². The maximum Gasteiger partial charge on any atom is 0.258 e. The zero-order chi connectivity index (χ0) is 21.1. The minimum Gasteiger partial charge on any atom is -0.310 e. The number of carbonyl (C=O) groups is 1. The summed E-state index contributed by atoms with van der Waals surface area (Å²) in [7, 11) is 0. The van der Waals surface area contributed by atoms with Crippen LogP contribution < -0.4 is 10.9 Å². The van der Waals surface area contributed by atoms with E-state index in [9.17, 15) is 14.0 Å². The molecule has 0 aliphatic heterocycles. The largest absolute Gasteiger partial charge is 0.310 e. The molecule has 0 fully saturated rings. The fraction of sp³-hybridized carbons (Fsp3) is 0.0909. The SMILES string of the molecule is Cc1ccccc1Cn1cc(C(=O)Nc2nc(-c3ccc(F)cn3)cs2)ccc1=O. The summed E-state index contributed by atoms with van der Waals surface area (Å²) < 4.78 is 14.5. The van der Waals surface area contributed by atoms with Crippen molar-refractivity contribution in [3.8, 4) is 11.4 Å². The van der Waals surface area contributed by atoms with Gasteiger partial charge in [0.05, 0.1) is 24.0 Å². The number of nitrogens with zero attached hydrogens (tertiary/aromatic N) is 3. The molecule has 30 heavy (non-hydrogen) atoms. The molecule has 0 spiro atoms. The Kier molecular flexibility index (Phi) is 5.49. The molecule has 0 bridgehead atoms. The molecule has 0 saturated carbocycles. The van der Waals surface area contributed by atoms with Gasteiger partial charge in [0, 0.05) is 17.6 Å².